The van der Waals surface area contributed by atoms with Crippen LogP contribution in [0.25, 0.3) is 11.2 Å². The third-order valence-electron chi connectivity index (χ3n) is 1.26. The Morgan fingerprint density at radius 1 is 1.64 bits per heavy atom. The Balaban J connectivity index is 2.80. The topological polar surface area (TPSA) is 80.5 Å². The fraction of sp³-hybridized carbons (Fsp3) is 0. The first-order valence-corrected chi connectivity index (χ1v) is 2.85. The maximum atomic E-state index is 12.6. The van der Waals surface area contributed by atoms with Gasteiger partial charge in [0.2, 0.25) is 0 Å². The van der Waals surface area contributed by atoms with E-state index in [-0.39, 0.29) is 11.5 Å². The molecular weight excluding hydrogens is 149 g/mol. The molecule has 3 N–H and O–H groups in total. The lowest BCUT2D eigenvalue weighted by Crippen LogP contribution is -1.97. The predicted molar refractivity (Wildman–Crippen MR) is 36.1 cm³/mol. The SMILES string of the molecule is [2H]Nc1nc(F)nc2nc[nH]c12. The van der Waals surface area contributed by atoms with Crippen LogP contribution in [0, 0.1) is 6.08 Å². The van der Waals surface area contributed by atoms with Gasteiger partial charge in [0.15, 0.2) is 12.9 Å². The number of nitrogens with zero attached hydrogens (tertiary/aromatic N) is 3. The number of H-pyrrole nitrogens is 1. The number of nitrogens with one attached hydrogen (secondary N) is 1. The Hall–Kier alpha value is -1.72. The van der Waals surface area contributed by atoms with Gasteiger partial charge in [0, 0.05) is 0 Å². The number of fused-ring (bicyclic) bond motifs is 1. The van der Waals surface area contributed by atoms with Crippen LogP contribution in [0.5, 0.6) is 0 Å². The van der Waals surface area contributed by atoms with Gasteiger partial charge in [-0.05, 0) is 0 Å². The molecule has 11 heavy (non-hydrogen) atoms. The van der Waals surface area contributed by atoms with E-state index in [2.05, 4.69) is 19.9 Å². The fourth-order valence-corrected chi connectivity index (χ4v) is 0.807. The van der Waals surface area contributed by atoms with Gasteiger partial charge in [-0.1, -0.05) is 0 Å². The van der Waals surface area contributed by atoms with Crippen LogP contribution in [0.3, 0.4) is 0 Å². The molecule has 0 spiro atoms. The van der Waals surface area contributed by atoms with E-state index in [9.17, 15) is 4.39 Å². The first-order chi connectivity index (χ1) is 5.81. The number of anilines is 1. The number of nitrogen functional groups attached to an aromatic ring is 1. The van der Waals surface area contributed by atoms with Crippen LogP contribution in [-0.2, 0) is 0 Å². The van der Waals surface area contributed by atoms with E-state index in [0.29, 0.717) is 5.52 Å². The molecule has 2 rings (SSSR count). The molecule has 0 fully saturated rings. The van der Waals surface area contributed by atoms with Crippen molar-refractivity contribution in [3.63, 3.8) is 0 Å². The summed E-state index contributed by atoms with van der Waals surface area (Å²) in [6.07, 6.45) is 0.462. The summed E-state index contributed by atoms with van der Waals surface area (Å²) >= 11 is 0. The summed E-state index contributed by atoms with van der Waals surface area (Å²) in [6, 6.07) is 0. The zero-order valence-electron chi connectivity index (χ0n) is 6.30. The minimum absolute atomic E-state index is 0.0787. The van der Waals surface area contributed by atoms with Crippen LogP contribution in [-0.4, -0.2) is 19.9 Å². The fourth-order valence-electron chi connectivity index (χ4n) is 0.807. The molecule has 2 heterocycles. The number of halogens is 1. The second-order valence-electron chi connectivity index (χ2n) is 1.94. The number of imidazole rings is 1. The Morgan fingerprint density at radius 3 is 3.36 bits per heavy atom. The van der Waals surface area contributed by atoms with Crippen LogP contribution < -0.4 is 5.73 Å². The number of aromatic amines is 1. The highest BCUT2D eigenvalue weighted by Gasteiger charge is 2.04. The molecule has 56 valence electrons. The van der Waals surface area contributed by atoms with Gasteiger partial charge in [-0.15, -0.1) is 0 Å². The largest absolute Gasteiger partial charge is 0.382 e. The van der Waals surface area contributed by atoms with E-state index < -0.39 is 6.08 Å². The van der Waals surface area contributed by atoms with Crippen LogP contribution in [0.2, 0.25) is 1.41 Å². The molecule has 2 aromatic heterocycles. The van der Waals surface area contributed by atoms with E-state index in [4.69, 9.17) is 1.41 Å². The summed E-state index contributed by atoms with van der Waals surface area (Å²) in [7, 11) is 0. The monoisotopic (exact) mass is 154 g/mol. The van der Waals surface area contributed by atoms with Crippen LogP contribution >= 0.6 is 0 Å². The zero-order chi connectivity index (χ0) is 8.55. The van der Waals surface area contributed by atoms with Gasteiger partial charge in [0.25, 0.3) is 0 Å². The molecule has 0 aromatic carbocycles. The molecule has 0 bridgehead atoms. The summed E-state index contributed by atoms with van der Waals surface area (Å²) in [4.78, 5) is 13.1. The maximum Gasteiger partial charge on any atom is 0.312 e. The lowest BCUT2D eigenvalue weighted by atomic mass is 10.5. The number of rotatable bonds is 1. The van der Waals surface area contributed by atoms with Gasteiger partial charge in [-0.3, -0.25) is 0 Å². The van der Waals surface area contributed by atoms with Crippen molar-refractivity contribution in [3.8, 4) is 0 Å². The molecule has 0 amide bonds. The molecule has 0 atom stereocenters. The Morgan fingerprint density at radius 2 is 2.55 bits per heavy atom. The zero-order valence-corrected chi connectivity index (χ0v) is 5.30. The summed E-state index contributed by atoms with van der Waals surface area (Å²) < 4.78 is 19.4. The van der Waals surface area contributed by atoms with Gasteiger partial charge in [-0.2, -0.15) is 14.4 Å². The molecule has 2 aromatic rings. The minimum atomic E-state index is -0.899. The second-order valence-corrected chi connectivity index (χ2v) is 1.94. The highest BCUT2D eigenvalue weighted by molar-refractivity contribution is 5.80. The van der Waals surface area contributed by atoms with E-state index in [1.54, 1.807) is 0 Å². The third-order valence-corrected chi connectivity index (χ3v) is 1.26. The summed E-state index contributed by atoms with van der Waals surface area (Å²) in [5.41, 5.74) is 2.61. The Bertz CT molecular complexity index is 413. The standard InChI is InChI=1S/C5H4FN5/c6-5-10-3(7)2-4(11-5)9-1-8-2/h1H,(H3,7,8,9,10,11)/i/hD. The molecule has 0 aliphatic rings. The summed E-state index contributed by atoms with van der Waals surface area (Å²) in [5, 5.41) is 0. The number of nitrogens with two attached hydrogens (primary N) is 1. The first-order valence-electron chi connectivity index (χ1n) is 3.35. The Labute approximate surface area is 61.9 Å². The van der Waals surface area contributed by atoms with Crippen molar-refractivity contribution in [2.45, 2.75) is 0 Å². The van der Waals surface area contributed by atoms with Gasteiger partial charge < -0.3 is 10.7 Å². The quantitative estimate of drug-likeness (QED) is 0.570. The minimum Gasteiger partial charge on any atom is -0.382 e. The highest BCUT2D eigenvalue weighted by atomic mass is 19.1. The normalized spacial score (nSPS) is 11.5. The van der Waals surface area contributed by atoms with Crippen molar-refractivity contribution in [1.82, 2.24) is 19.9 Å². The number of aromatic nitrogens is 4. The summed E-state index contributed by atoms with van der Waals surface area (Å²) in [5.74, 6) is 0.0787. The van der Waals surface area contributed by atoms with E-state index in [1.165, 1.54) is 6.33 Å². The first kappa shape index (κ1) is 5.00. The number of hydrogen-bond donors (Lipinski definition) is 2. The van der Waals surface area contributed by atoms with Crippen molar-refractivity contribution < 1.29 is 5.80 Å². The lowest BCUT2D eigenvalue weighted by molar-refractivity contribution is 0.546. The van der Waals surface area contributed by atoms with Crippen molar-refractivity contribution in [2.24, 2.45) is 0 Å². The lowest BCUT2D eigenvalue weighted by Gasteiger charge is -1.91. The number of hydrogen-bond acceptors (Lipinski definition) is 4. The van der Waals surface area contributed by atoms with Gasteiger partial charge in [-0.25, -0.2) is 4.98 Å². The smallest absolute Gasteiger partial charge is 0.312 e. The molecule has 0 aliphatic heterocycles. The van der Waals surface area contributed by atoms with E-state index >= 15 is 0 Å². The summed E-state index contributed by atoms with van der Waals surface area (Å²) in [6.45, 7) is 0. The molecular formula is C5H4FN5. The van der Waals surface area contributed by atoms with E-state index in [1.807, 2.05) is 5.73 Å². The molecule has 6 heteroatoms. The van der Waals surface area contributed by atoms with Gasteiger partial charge in [0.1, 0.15) is 5.52 Å². The Kier molecular flexibility index (Phi) is 0.854. The molecule has 0 saturated heterocycles. The molecule has 0 aliphatic carbocycles. The maximum absolute atomic E-state index is 12.6. The van der Waals surface area contributed by atoms with E-state index in [0.717, 1.165) is 0 Å². The van der Waals surface area contributed by atoms with Crippen molar-refractivity contribution in [3.05, 3.63) is 12.4 Å². The molecule has 5 nitrogen and oxygen atoms in total. The van der Waals surface area contributed by atoms with Crippen LogP contribution in [0.15, 0.2) is 6.33 Å². The third kappa shape index (κ3) is 0.794. The predicted octanol–water partition coefficient (Wildman–Crippen LogP) is 0.0742. The second kappa shape index (κ2) is 1.88. The van der Waals surface area contributed by atoms with Gasteiger partial charge >= 0.3 is 6.08 Å². The average Bonchev–Trinajstić information content (AvgIpc) is 2.50. The van der Waals surface area contributed by atoms with Crippen molar-refractivity contribution in [1.29, 1.82) is 0 Å². The highest BCUT2D eigenvalue weighted by Crippen LogP contribution is 2.11. The molecule has 0 saturated carbocycles. The van der Waals surface area contributed by atoms with Crippen LogP contribution in [0.1, 0.15) is 0 Å². The molecule has 0 unspecified atom stereocenters. The average molecular weight is 154 g/mol. The molecule has 0 radical (unpaired) electrons. The van der Waals surface area contributed by atoms with Gasteiger partial charge in [0.05, 0.1) is 6.33 Å². The van der Waals surface area contributed by atoms with Crippen molar-refractivity contribution >= 4 is 17.0 Å². The van der Waals surface area contributed by atoms with Crippen molar-refractivity contribution in [2.75, 3.05) is 5.73 Å². The van der Waals surface area contributed by atoms with Crippen LogP contribution in [0.4, 0.5) is 10.2 Å².